The molecule has 0 bridgehead atoms. The summed E-state index contributed by atoms with van der Waals surface area (Å²) in [6, 6.07) is 0. The third-order valence-electron chi connectivity index (χ3n) is 1.96. The highest BCUT2D eigenvalue weighted by molar-refractivity contribution is 4.68. The molecule has 0 aliphatic heterocycles. The summed E-state index contributed by atoms with van der Waals surface area (Å²) < 4.78 is 0. The van der Waals surface area contributed by atoms with Crippen molar-refractivity contribution >= 4 is 0 Å². The van der Waals surface area contributed by atoms with Gasteiger partial charge < -0.3 is 5.11 Å². The Balaban J connectivity index is -0.000000148. The van der Waals surface area contributed by atoms with Crippen LogP contribution in [0.5, 0.6) is 0 Å². The monoisotopic (exact) mass is 204 g/mol. The van der Waals surface area contributed by atoms with Gasteiger partial charge in [-0.3, -0.25) is 0 Å². The molecule has 90 valence electrons. The molecule has 1 aliphatic carbocycles. The van der Waals surface area contributed by atoms with E-state index in [2.05, 4.69) is 13.8 Å². The van der Waals surface area contributed by atoms with Crippen LogP contribution in [0.15, 0.2) is 0 Å². The summed E-state index contributed by atoms with van der Waals surface area (Å²) in [6.07, 6.45) is 4.42. The average Bonchev–Trinajstić information content (AvgIpc) is 2.58. The second-order valence-corrected chi connectivity index (χ2v) is 3.34. The molecule has 2 atom stereocenters. The second kappa shape index (κ2) is 18.7. The fourth-order valence-corrected chi connectivity index (χ4v) is 1.49. The Bertz CT molecular complexity index is 63.6. The molecule has 1 nitrogen and oxygen atoms in total. The van der Waals surface area contributed by atoms with Crippen LogP contribution < -0.4 is 0 Å². The van der Waals surface area contributed by atoms with Gasteiger partial charge in [0.25, 0.3) is 0 Å². The number of aliphatic hydroxyl groups excluding tert-OH is 1. The summed E-state index contributed by atoms with van der Waals surface area (Å²) in [7, 11) is 0. The fourth-order valence-electron chi connectivity index (χ4n) is 1.49. The van der Waals surface area contributed by atoms with Crippen molar-refractivity contribution in [1.82, 2.24) is 0 Å². The van der Waals surface area contributed by atoms with Crippen molar-refractivity contribution < 1.29 is 5.11 Å². The number of rotatable bonds is 0. The first-order chi connectivity index (χ1) is 6.70. The molecule has 0 radical (unpaired) electrons. The van der Waals surface area contributed by atoms with E-state index in [-0.39, 0.29) is 6.61 Å². The van der Waals surface area contributed by atoms with E-state index in [9.17, 15) is 0 Å². The lowest BCUT2D eigenvalue weighted by Gasteiger charge is -1.96. The highest BCUT2D eigenvalue weighted by Gasteiger charge is 2.15. The molecule has 14 heavy (non-hydrogen) atoms. The zero-order valence-electron chi connectivity index (χ0n) is 11.4. The van der Waals surface area contributed by atoms with Crippen molar-refractivity contribution in [2.24, 2.45) is 11.8 Å². The van der Waals surface area contributed by atoms with Gasteiger partial charge in [-0.25, -0.2) is 0 Å². The van der Waals surface area contributed by atoms with E-state index in [1.54, 1.807) is 6.92 Å². The normalized spacial score (nSPS) is 23.1. The van der Waals surface area contributed by atoms with Crippen molar-refractivity contribution in [3.8, 4) is 0 Å². The third kappa shape index (κ3) is 17.9. The van der Waals surface area contributed by atoms with E-state index in [4.69, 9.17) is 5.11 Å². The first kappa shape index (κ1) is 19.5. The smallest absolute Gasteiger partial charge is 0.0402 e. The SMILES string of the molecule is CC.CC.CC1CCC(C)C1.CCO. The number of aliphatic hydroxyl groups is 1. The molecule has 0 heterocycles. The van der Waals surface area contributed by atoms with Gasteiger partial charge in [-0.15, -0.1) is 0 Å². The van der Waals surface area contributed by atoms with E-state index in [0.717, 1.165) is 11.8 Å². The van der Waals surface area contributed by atoms with Gasteiger partial charge in [0.1, 0.15) is 0 Å². The van der Waals surface area contributed by atoms with Gasteiger partial charge in [0.15, 0.2) is 0 Å². The van der Waals surface area contributed by atoms with Crippen LogP contribution in [0, 0.1) is 11.8 Å². The summed E-state index contributed by atoms with van der Waals surface area (Å²) >= 11 is 0. The zero-order chi connectivity index (χ0) is 12.0. The van der Waals surface area contributed by atoms with Crippen molar-refractivity contribution in [3.05, 3.63) is 0 Å². The summed E-state index contributed by atoms with van der Waals surface area (Å²) in [5.41, 5.74) is 0. The molecule has 1 fully saturated rings. The molecule has 1 rings (SSSR count). The van der Waals surface area contributed by atoms with Crippen molar-refractivity contribution in [3.63, 3.8) is 0 Å². The highest BCUT2D eigenvalue weighted by Crippen LogP contribution is 2.29. The van der Waals surface area contributed by atoms with Crippen LogP contribution in [0.1, 0.15) is 67.7 Å². The Morgan fingerprint density at radius 1 is 0.929 bits per heavy atom. The van der Waals surface area contributed by atoms with E-state index < -0.39 is 0 Å². The van der Waals surface area contributed by atoms with Crippen LogP contribution in [0.4, 0.5) is 0 Å². The maximum atomic E-state index is 7.57. The molecule has 0 spiro atoms. The lowest BCUT2D eigenvalue weighted by atomic mass is 10.1. The summed E-state index contributed by atoms with van der Waals surface area (Å²) in [5, 5.41) is 7.57. The molecule has 1 aliphatic rings. The molecular weight excluding hydrogens is 172 g/mol. The topological polar surface area (TPSA) is 20.2 Å². The van der Waals surface area contributed by atoms with Crippen LogP contribution >= 0.6 is 0 Å². The molecule has 2 unspecified atom stereocenters. The van der Waals surface area contributed by atoms with Crippen molar-refractivity contribution in [2.75, 3.05) is 6.61 Å². The second-order valence-electron chi connectivity index (χ2n) is 3.34. The largest absolute Gasteiger partial charge is 0.397 e. The van der Waals surface area contributed by atoms with Crippen LogP contribution in [0.25, 0.3) is 0 Å². The first-order valence-electron chi connectivity index (χ1n) is 6.31. The maximum absolute atomic E-state index is 7.57. The lowest BCUT2D eigenvalue weighted by molar-refractivity contribution is 0.318. The van der Waals surface area contributed by atoms with Gasteiger partial charge in [0.2, 0.25) is 0 Å². The predicted molar refractivity (Wildman–Crippen MR) is 67.6 cm³/mol. The van der Waals surface area contributed by atoms with Gasteiger partial charge in [0.05, 0.1) is 0 Å². The Labute approximate surface area is 91.9 Å². The molecule has 0 aromatic rings. The first-order valence-corrected chi connectivity index (χ1v) is 6.31. The minimum Gasteiger partial charge on any atom is -0.397 e. The minimum absolute atomic E-state index is 0.250. The quantitative estimate of drug-likeness (QED) is 0.616. The van der Waals surface area contributed by atoms with E-state index in [0.29, 0.717) is 0 Å². The Kier molecular flexibility index (Phi) is 26.1. The Morgan fingerprint density at radius 2 is 1.14 bits per heavy atom. The molecule has 0 saturated heterocycles. The predicted octanol–water partition coefficient (Wildman–Crippen LogP) is 4.49. The highest BCUT2D eigenvalue weighted by atomic mass is 16.2. The van der Waals surface area contributed by atoms with Gasteiger partial charge >= 0.3 is 0 Å². The molecule has 1 saturated carbocycles. The zero-order valence-corrected chi connectivity index (χ0v) is 11.4. The van der Waals surface area contributed by atoms with Crippen molar-refractivity contribution in [2.45, 2.75) is 67.7 Å². The summed E-state index contributed by atoms with van der Waals surface area (Å²) in [5.74, 6) is 2.05. The van der Waals surface area contributed by atoms with Gasteiger partial charge in [-0.2, -0.15) is 0 Å². The van der Waals surface area contributed by atoms with Crippen LogP contribution in [-0.2, 0) is 0 Å². The maximum Gasteiger partial charge on any atom is 0.0402 e. The van der Waals surface area contributed by atoms with Crippen LogP contribution in [0.2, 0.25) is 0 Å². The van der Waals surface area contributed by atoms with E-state index in [1.807, 2.05) is 27.7 Å². The molecule has 0 amide bonds. The standard InChI is InChI=1S/C7H14.C2H6O.2C2H6/c1-6-3-4-7(2)5-6;1-2-3;2*1-2/h6-7H,3-5H2,1-2H3;3H,2H2,1H3;2*1-2H3. The number of hydrogen-bond acceptors (Lipinski definition) is 1. The fraction of sp³-hybridized carbons (Fsp3) is 1.00. The van der Waals surface area contributed by atoms with Gasteiger partial charge in [-0.05, 0) is 25.2 Å². The molecule has 1 heteroatoms. The van der Waals surface area contributed by atoms with Crippen LogP contribution in [0.3, 0.4) is 0 Å². The average molecular weight is 204 g/mol. The van der Waals surface area contributed by atoms with Crippen LogP contribution in [-0.4, -0.2) is 11.7 Å². The molecule has 0 aromatic carbocycles. The van der Waals surface area contributed by atoms with E-state index >= 15 is 0 Å². The molecule has 1 N–H and O–H groups in total. The van der Waals surface area contributed by atoms with Gasteiger partial charge in [0, 0.05) is 6.61 Å². The minimum atomic E-state index is 0.250. The van der Waals surface area contributed by atoms with Crippen molar-refractivity contribution in [1.29, 1.82) is 0 Å². The van der Waals surface area contributed by atoms with Gasteiger partial charge in [-0.1, -0.05) is 54.4 Å². The Hall–Kier alpha value is -0.0400. The summed E-state index contributed by atoms with van der Waals surface area (Å²) in [4.78, 5) is 0. The molecule has 0 aromatic heterocycles. The Morgan fingerprint density at radius 3 is 1.21 bits per heavy atom. The van der Waals surface area contributed by atoms with E-state index in [1.165, 1.54) is 19.3 Å². The molecular formula is C13H32O. The number of hydrogen-bond donors (Lipinski definition) is 1. The third-order valence-corrected chi connectivity index (χ3v) is 1.96. The lowest BCUT2D eigenvalue weighted by Crippen LogP contribution is -1.84. The summed E-state index contributed by atoms with van der Waals surface area (Å²) in [6.45, 7) is 14.6.